The van der Waals surface area contributed by atoms with Crippen molar-refractivity contribution in [3.05, 3.63) is 23.8 Å². The molecule has 0 aromatic heterocycles. The molecular weight excluding hydrogens is 348 g/mol. The molecule has 164 valence electrons. The van der Waals surface area contributed by atoms with Gasteiger partial charge in [0.25, 0.3) is 0 Å². The molecule has 0 amide bonds. The minimum atomic E-state index is 0.537. The fraction of sp³-hybridized carbons (Fsp3) is 0.862. The summed E-state index contributed by atoms with van der Waals surface area (Å²) in [6.07, 6.45) is 17.0. The van der Waals surface area contributed by atoms with Gasteiger partial charge in [0.2, 0.25) is 0 Å². The number of fused-ring (bicyclic) bond motifs is 5. The first-order valence-corrected chi connectivity index (χ1v) is 13.0. The van der Waals surface area contributed by atoms with E-state index in [1.807, 2.05) is 5.57 Å². The van der Waals surface area contributed by atoms with Gasteiger partial charge in [-0.3, -0.25) is 0 Å². The Balaban J connectivity index is 1.49. The van der Waals surface area contributed by atoms with E-state index in [1.54, 1.807) is 0 Å². The average molecular weight is 397 g/mol. The van der Waals surface area contributed by atoms with Crippen LogP contribution in [0.4, 0.5) is 0 Å². The third kappa shape index (κ3) is 3.59. The highest BCUT2D eigenvalue weighted by Crippen LogP contribution is 2.67. The summed E-state index contributed by atoms with van der Waals surface area (Å²) in [7, 11) is 0. The number of hydrogen-bond acceptors (Lipinski definition) is 0. The van der Waals surface area contributed by atoms with Crippen molar-refractivity contribution in [2.45, 2.75) is 106 Å². The second-order valence-corrected chi connectivity index (χ2v) is 12.7. The van der Waals surface area contributed by atoms with Gasteiger partial charge in [-0.2, -0.15) is 0 Å². The van der Waals surface area contributed by atoms with Crippen molar-refractivity contribution in [2.24, 2.45) is 52.3 Å². The largest absolute Gasteiger partial charge is 0.0996 e. The zero-order chi connectivity index (χ0) is 21.0. The lowest BCUT2D eigenvalue weighted by molar-refractivity contribution is -0.0521. The van der Waals surface area contributed by atoms with E-state index in [2.05, 4.69) is 54.2 Å². The summed E-state index contributed by atoms with van der Waals surface area (Å²) in [5.74, 6) is 6.29. The van der Waals surface area contributed by atoms with Crippen LogP contribution >= 0.6 is 0 Å². The molecule has 4 aliphatic rings. The molecule has 0 heterocycles. The Bertz CT molecular complexity index is 653. The van der Waals surface area contributed by atoms with Crippen LogP contribution < -0.4 is 0 Å². The molecule has 0 nitrogen and oxygen atoms in total. The average Bonchev–Trinajstić information content (AvgIpc) is 3.03. The molecular formula is C29H48. The van der Waals surface area contributed by atoms with Crippen LogP contribution in [-0.4, -0.2) is 0 Å². The summed E-state index contributed by atoms with van der Waals surface area (Å²) in [5.41, 5.74) is 4.46. The van der Waals surface area contributed by atoms with Crippen molar-refractivity contribution < 1.29 is 0 Å². The second kappa shape index (κ2) is 7.87. The molecule has 0 radical (unpaired) electrons. The van der Waals surface area contributed by atoms with E-state index in [0.29, 0.717) is 16.7 Å². The van der Waals surface area contributed by atoms with Gasteiger partial charge in [0.1, 0.15) is 0 Å². The Kier molecular flexibility index (Phi) is 5.89. The van der Waals surface area contributed by atoms with Gasteiger partial charge < -0.3 is 0 Å². The quantitative estimate of drug-likeness (QED) is 0.407. The van der Waals surface area contributed by atoms with E-state index in [4.69, 9.17) is 0 Å². The van der Waals surface area contributed by atoms with Crippen molar-refractivity contribution in [3.8, 4) is 0 Å². The Hall–Kier alpha value is -0.520. The topological polar surface area (TPSA) is 0 Å². The monoisotopic (exact) mass is 396 g/mol. The molecule has 3 saturated carbocycles. The maximum atomic E-state index is 4.35. The summed E-state index contributed by atoms with van der Waals surface area (Å²) in [6, 6.07) is 0. The number of allylic oxidation sites excluding steroid dienone is 3. The number of rotatable bonds is 5. The molecule has 0 bridgehead atoms. The van der Waals surface area contributed by atoms with Gasteiger partial charge in [-0.25, -0.2) is 0 Å². The maximum absolute atomic E-state index is 4.35. The lowest BCUT2D eigenvalue weighted by Gasteiger charge is -2.58. The minimum Gasteiger partial charge on any atom is -0.0996 e. The van der Waals surface area contributed by atoms with Crippen LogP contribution in [-0.2, 0) is 0 Å². The Morgan fingerprint density at radius 3 is 2.55 bits per heavy atom. The minimum absolute atomic E-state index is 0.537. The van der Waals surface area contributed by atoms with Crippen LogP contribution in [0.5, 0.6) is 0 Å². The maximum Gasteiger partial charge on any atom is -0.00851 e. The van der Waals surface area contributed by atoms with E-state index >= 15 is 0 Å². The van der Waals surface area contributed by atoms with Gasteiger partial charge in [0.05, 0.1) is 0 Å². The summed E-state index contributed by atoms with van der Waals surface area (Å²) in [5, 5.41) is 0. The van der Waals surface area contributed by atoms with Crippen LogP contribution in [0.1, 0.15) is 106 Å². The molecule has 0 aromatic carbocycles. The highest BCUT2D eigenvalue weighted by molar-refractivity contribution is 5.25. The van der Waals surface area contributed by atoms with Crippen LogP contribution in [0.3, 0.4) is 0 Å². The van der Waals surface area contributed by atoms with Crippen LogP contribution in [0.25, 0.3) is 0 Å². The molecule has 0 aliphatic heterocycles. The summed E-state index contributed by atoms with van der Waals surface area (Å²) < 4.78 is 0. The highest BCUT2D eigenvalue weighted by atomic mass is 14.6. The molecule has 0 aromatic rings. The van der Waals surface area contributed by atoms with Gasteiger partial charge in [-0.1, -0.05) is 65.3 Å². The molecule has 0 spiro atoms. The van der Waals surface area contributed by atoms with E-state index in [1.165, 1.54) is 69.8 Å². The smallest absolute Gasteiger partial charge is 0.00851 e. The second-order valence-electron chi connectivity index (χ2n) is 12.7. The van der Waals surface area contributed by atoms with Crippen LogP contribution in [0.15, 0.2) is 23.8 Å². The van der Waals surface area contributed by atoms with E-state index < -0.39 is 0 Å². The fourth-order valence-electron chi connectivity index (χ4n) is 8.72. The molecule has 0 saturated heterocycles. The van der Waals surface area contributed by atoms with Crippen molar-refractivity contribution in [1.29, 1.82) is 0 Å². The first kappa shape index (κ1) is 21.7. The number of hydrogen-bond donors (Lipinski definition) is 0. The lowest BCUT2D eigenvalue weighted by Crippen LogP contribution is -2.50. The van der Waals surface area contributed by atoms with E-state index in [0.717, 1.165) is 35.5 Å². The molecule has 0 N–H and O–H groups in total. The first-order valence-electron chi connectivity index (χ1n) is 13.0. The third-order valence-electron chi connectivity index (χ3n) is 10.8. The van der Waals surface area contributed by atoms with Gasteiger partial charge in [-0.15, -0.1) is 0 Å². The molecule has 4 aliphatic carbocycles. The molecule has 0 heteroatoms. The summed E-state index contributed by atoms with van der Waals surface area (Å²) in [4.78, 5) is 0. The molecule has 3 fully saturated rings. The summed E-state index contributed by atoms with van der Waals surface area (Å²) in [6.45, 7) is 19.4. The predicted octanol–water partition coefficient (Wildman–Crippen LogP) is 8.83. The van der Waals surface area contributed by atoms with Crippen molar-refractivity contribution in [1.82, 2.24) is 0 Å². The Labute approximate surface area is 182 Å². The zero-order valence-electron chi connectivity index (χ0n) is 20.4. The van der Waals surface area contributed by atoms with Gasteiger partial charge in [0.15, 0.2) is 0 Å². The predicted molar refractivity (Wildman–Crippen MR) is 127 cm³/mol. The molecule has 7 unspecified atom stereocenters. The standard InChI is InChI=1S/C29H48/c1-19(2)21(4)8-9-22(5)25-12-13-26-24-11-10-23-18-20(3)14-16-28(23,6)27(24)15-17-29(25,26)7/h10,19-20,22,24-27H,4,8-9,11-18H2,1-3,5-7H3/t20?,22-,24?,25?,26?,27?,28?,29?/m1/s1. The zero-order valence-corrected chi connectivity index (χ0v) is 20.4. The summed E-state index contributed by atoms with van der Waals surface area (Å²) >= 11 is 0. The lowest BCUT2D eigenvalue weighted by atomic mass is 9.46. The molecule has 4 rings (SSSR count). The Morgan fingerprint density at radius 1 is 1.07 bits per heavy atom. The van der Waals surface area contributed by atoms with E-state index in [9.17, 15) is 0 Å². The van der Waals surface area contributed by atoms with Crippen LogP contribution in [0.2, 0.25) is 0 Å². The fourth-order valence-corrected chi connectivity index (χ4v) is 8.72. The van der Waals surface area contributed by atoms with Crippen molar-refractivity contribution in [3.63, 3.8) is 0 Å². The van der Waals surface area contributed by atoms with Gasteiger partial charge in [-0.05, 0) is 116 Å². The van der Waals surface area contributed by atoms with Gasteiger partial charge in [0, 0.05) is 0 Å². The molecule has 29 heavy (non-hydrogen) atoms. The molecule has 8 atom stereocenters. The highest BCUT2D eigenvalue weighted by Gasteiger charge is 2.58. The van der Waals surface area contributed by atoms with Crippen molar-refractivity contribution in [2.75, 3.05) is 0 Å². The first-order chi connectivity index (χ1) is 13.7. The van der Waals surface area contributed by atoms with Gasteiger partial charge >= 0.3 is 0 Å². The van der Waals surface area contributed by atoms with Crippen LogP contribution in [0, 0.1) is 52.3 Å². The Morgan fingerprint density at radius 2 is 1.83 bits per heavy atom. The normalized spacial score (nSPS) is 45.2. The third-order valence-corrected chi connectivity index (χ3v) is 10.8. The van der Waals surface area contributed by atoms with E-state index in [-0.39, 0.29) is 0 Å². The SMILES string of the molecule is C=C(CC[C@@H](C)C1CCC2C3CC=C4CC(C)CCC4(C)C3CCC21C)C(C)C. The van der Waals surface area contributed by atoms with Crippen molar-refractivity contribution >= 4 is 0 Å².